The number of carbonyl (C=O) groups excluding carboxylic acids is 1. The van der Waals surface area contributed by atoms with Crippen LogP contribution >= 0.6 is 11.6 Å². The molecule has 0 saturated heterocycles. The largest absolute Gasteiger partial charge is 0.464 e. The van der Waals surface area contributed by atoms with E-state index in [0.29, 0.717) is 11.4 Å². The first-order chi connectivity index (χ1) is 14.0. The van der Waals surface area contributed by atoms with Crippen molar-refractivity contribution in [3.05, 3.63) is 80.1 Å². The predicted molar refractivity (Wildman–Crippen MR) is 113 cm³/mol. The molecule has 0 spiro atoms. The summed E-state index contributed by atoms with van der Waals surface area (Å²) in [5.74, 6) is 3.76. The quantitative estimate of drug-likeness (QED) is 0.483. The number of Topliss-reactive ketones (excluding diaryl/α,β-unsaturated/α-hetero) is 1. The van der Waals surface area contributed by atoms with E-state index in [9.17, 15) is 4.79 Å². The first kappa shape index (κ1) is 18.7. The molecule has 0 fully saturated rings. The summed E-state index contributed by atoms with van der Waals surface area (Å²) in [7, 11) is 0. The Morgan fingerprint density at radius 2 is 1.48 bits per heavy atom. The Labute approximate surface area is 176 Å². The lowest BCUT2D eigenvalue weighted by Crippen LogP contribution is -2.09. The Balaban J connectivity index is 1.72. The number of fused-ring (bicyclic) bond motifs is 2. The highest BCUT2D eigenvalue weighted by Crippen LogP contribution is 2.43. The van der Waals surface area contributed by atoms with E-state index < -0.39 is 0 Å². The zero-order valence-corrected chi connectivity index (χ0v) is 17.7. The highest BCUT2D eigenvalue weighted by Gasteiger charge is 2.34. The van der Waals surface area contributed by atoms with Crippen LogP contribution in [-0.2, 0) is 19.3 Å². The fourth-order valence-corrected chi connectivity index (χ4v) is 5.17. The molecule has 4 heteroatoms. The monoisotopic (exact) mass is 408 g/mol. The minimum absolute atomic E-state index is 0.170. The van der Waals surface area contributed by atoms with E-state index >= 15 is 0 Å². The van der Waals surface area contributed by atoms with Crippen molar-refractivity contribution < 1.29 is 13.6 Å². The Hall–Kier alpha value is -2.26. The molecule has 2 aliphatic rings. The minimum atomic E-state index is -0.170. The molecule has 3 aromatic rings. The Morgan fingerprint density at radius 3 is 2.21 bits per heavy atom. The third-order valence-corrected chi connectivity index (χ3v) is 6.80. The van der Waals surface area contributed by atoms with Crippen molar-refractivity contribution in [1.29, 1.82) is 0 Å². The van der Waals surface area contributed by atoms with Crippen LogP contribution in [0.25, 0.3) is 0 Å². The first-order valence-corrected chi connectivity index (χ1v) is 10.9. The van der Waals surface area contributed by atoms with Crippen LogP contribution in [0.4, 0.5) is 0 Å². The summed E-state index contributed by atoms with van der Waals surface area (Å²) in [6, 6.07) is 7.89. The molecule has 0 bridgehead atoms. The van der Waals surface area contributed by atoms with Crippen molar-refractivity contribution in [3.8, 4) is 0 Å². The molecule has 1 unspecified atom stereocenters. The minimum Gasteiger partial charge on any atom is -0.464 e. The topological polar surface area (TPSA) is 43.4 Å². The number of ketones is 1. The lowest BCUT2D eigenvalue weighted by molar-refractivity contribution is 0.0969. The van der Waals surface area contributed by atoms with Crippen molar-refractivity contribution in [2.24, 2.45) is 0 Å². The number of hydrogen-bond donors (Lipinski definition) is 0. The lowest BCUT2D eigenvalue weighted by Gasteiger charge is -2.16. The molecule has 0 saturated carbocycles. The average molecular weight is 409 g/mol. The summed E-state index contributed by atoms with van der Waals surface area (Å²) in [6.07, 6.45) is 6.74. The SMILES string of the molecule is Cc1c(C(c2ccc(Cl)cc2)c2oc3c(c2C)C(=O)CCC3)oc2c1CCCC2. The Kier molecular flexibility index (Phi) is 4.66. The molecule has 0 N–H and O–H groups in total. The average Bonchev–Trinajstić information content (AvgIpc) is 3.23. The van der Waals surface area contributed by atoms with Crippen LogP contribution in [0, 0.1) is 13.8 Å². The lowest BCUT2D eigenvalue weighted by atomic mass is 9.86. The smallest absolute Gasteiger partial charge is 0.166 e. The van der Waals surface area contributed by atoms with Gasteiger partial charge in [0.25, 0.3) is 0 Å². The predicted octanol–water partition coefficient (Wildman–Crippen LogP) is 6.72. The molecule has 3 nitrogen and oxygen atoms in total. The van der Waals surface area contributed by atoms with E-state index in [4.69, 9.17) is 20.4 Å². The van der Waals surface area contributed by atoms with E-state index in [0.717, 1.165) is 65.4 Å². The van der Waals surface area contributed by atoms with Crippen molar-refractivity contribution in [3.63, 3.8) is 0 Å². The van der Waals surface area contributed by atoms with E-state index in [1.54, 1.807) is 0 Å². The molecular weight excluding hydrogens is 384 g/mol. The van der Waals surface area contributed by atoms with Crippen molar-refractivity contribution in [2.75, 3.05) is 0 Å². The van der Waals surface area contributed by atoms with Gasteiger partial charge in [0.1, 0.15) is 29.0 Å². The number of benzene rings is 1. The third-order valence-electron chi connectivity index (χ3n) is 6.54. The summed E-state index contributed by atoms with van der Waals surface area (Å²) in [4.78, 5) is 12.6. The maximum absolute atomic E-state index is 12.6. The molecule has 2 aromatic heterocycles. The summed E-state index contributed by atoms with van der Waals surface area (Å²) < 4.78 is 12.9. The standard InChI is InChI=1S/C25H25ClO3/c1-14-18-6-3-4-8-20(18)28-24(14)23(16-10-12-17(26)13-11-16)25-15(2)22-19(27)7-5-9-21(22)29-25/h10-13,23H,3-9H2,1-2H3. The summed E-state index contributed by atoms with van der Waals surface area (Å²) in [5.41, 5.74) is 5.40. The van der Waals surface area contributed by atoms with Crippen LogP contribution in [0.2, 0.25) is 5.02 Å². The van der Waals surface area contributed by atoms with Gasteiger partial charge in [-0.3, -0.25) is 4.79 Å². The van der Waals surface area contributed by atoms with Gasteiger partial charge < -0.3 is 8.83 Å². The second-order valence-electron chi connectivity index (χ2n) is 8.35. The molecule has 2 heterocycles. The van der Waals surface area contributed by atoms with Gasteiger partial charge in [0.2, 0.25) is 0 Å². The van der Waals surface area contributed by atoms with Crippen molar-refractivity contribution >= 4 is 17.4 Å². The van der Waals surface area contributed by atoms with Gasteiger partial charge in [-0.25, -0.2) is 0 Å². The van der Waals surface area contributed by atoms with Gasteiger partial charge in [0, 0.05) is 29.8 Å². The number of aryl methyl sites for hydroxylation is 2. The normalized spacial score (nSPS) is 17.1. The molecule has 0 aliphatic heterocycles. The summed E-state index contributed by atoms with van der Waals surface area (Å²) >= 11 is 6.16. The molecule has 1 aromatic carbocycles. The molecule has 150 valence electrons. The molecular formula is C25H25ClO3. The molecule has 0 radical (unpaired) electrons. The summed E-state index contributed by atoms with van der Waals surface area (Å²) in [6.45, 7) is 4.18. The number of hydrogen-bond acceptors (Lipinski definition) is 3. The molecule has 29 heavy (non-hydrogen) atoms. The van der Waals surface area contributed by atoms with Gasteiger partial charge in [0.05, 0.1) is 5.56 Å². The van der Waals surface area contributed by atoms with Crippen LogP contribution < -0.4 is 0 Å². The number of furan rings is 2. The van der Waals surface area contributed by atoms with Crippen molar-refractivity contribution in [1.82, 2.24) is 0 Å². The third kappa shape index (κ3) is 3.07. The van der Waals surface area contributed by atoms with E-state index in [2.05, 4.69) is 6.92 Å². The zero-order valence-electron chi connectivity index (χ0n) is 16.9. The van der Waals surface area contributed by atoms with Crippen LogP contribution in [-0.4, -0.2) is 5.78 Å². The molecule has 5 rings (SSSR count). The zero-order chi connectivity index (χ0) is 20.1. The van der Waals surface area contributed by atoms with Crippen molar-refractivity contribution in [2.45, 2.75) is 64.7 Å². The maximum atomic E-state index is 12.6. The van der Waals surface area contributed by atoms with E-state index in [1.807, 2.05) is 31.2 Å². The van der Waals surface area contributed by atoms with Gasteiger partial charge in [0.15, 0.2) is 5.78 Å². The fourth-order valence-electron chi connectivity index (χ4n) is 5.04. The van der Waals surface area contributed by atoms with Gasteiger partial charge in [-0.05, 0) is 68.4 Å². The second-order valence-corrected chi connectivity index (χ2v) is 8.79. The number of carbonyl (C=O) groups is 1. The number of rotatable bonds is 3. The number of halogens is 1. The van der Waals surface area contributed by atoms with Crippen LogP contribution in [0.5, 0.6) is 0 Å². The van der Waals surface area contributed by atoms with E-state index in [-0.39, 0.29) is 11.7 Å². The molecule has 2 aliphatic carbocycles. The summed E-state index contributed by atoms with van der Waals surface area (Å²) in [5, 5.41) is 0.702. The van der Waals surface area contributed by atoms with Crippen LogP contribution in [0.15, 0.2) is 33.1 Å². The van der Waals surface area contributed by atoms with E-state index in [1.165, 1.54) is 24.0 Å². The molecule has 0 amide bonds. The highest BCUT2D eigenvalue weighted by molar-refractivity contribution is 6.30. The van der Waals surface area contributed by atoms with Gasteiger partial charge in [-0.1, -0.05) is 23.7 Å². The maximum Gasteiger partial charge on any atom is 0.166 e. The highest BCUT2D eigenvalue weighted by atomic mass is 35.5. The Bertz CT molecular complexity index is 1080. The van der Waals surface area contributed by atoms with Crippen LogP contribution in [0.1, 0.15) is 87.3 Å². The Morgan fingerprint density at radius 1 is 0.828 bits per heavy atom. The fraction of sp³-hybridized carbons (Fsp3) is 0.400. The first-order valence-electron chi connectivity index (χ1n) is 10.6. The second kappa shape index (κ2) is 7.21. The molecule has 1 atom stereocenters. The van der Waals surface area contributed by atoms with Gasteiger partial charge in [-0.2, -0.15) is 0 Å². The van der Waals surface area contributed by atoms with Gasteiger partial charge in [-0.15, -0.1) is 0 Å². The van der Waals surface area contributed by atoms with Crippen LogP contribution in [0.3, 0.4) is 0 Å². The van der Waals surface area contributed by atoms with Gasteiger partial charge >= 0.3 is 0 Å².